The Morgan fingerprint density at radius 2 is 2.25 bits per heavy atom. The van der Waals surface area contributed by atoms with Crippen molar-refractivity contribution in [3.8, 4) is 0 Å². The molecule has 2 rings (SSSR count). The van der Waals surface area contributed by atoms with Crippen LogP contribution in [-0.4, -0.2) is 30.1 Å². The maximum atomic E-state index is 13.4. The van der Waals surface area contributed by atoms with Gasteiger partial charge in [-0.3, -0.25) is 4.79 Å². The lowest BCUT2D eigenvalue weighted by atomic mass is 10.2. The fraction of sp³-hybridized carbons (Fsp3) is 0.364. The molecule has 0 bridgehead atoms. The molecule has 0 N–H and O–H groups in total. The van der Waals surface area contributed by atoms with Gasteiger partial charge in [-0.15, -0.1) is 0 Å². The summed E-state index contributed by atoms with van der Waals surface area (Å²) >= 11 is 2.01. The first-order valence-corrected chi connectivity index (χ1v) is 6.04. The number of hydrogen-bond donors (Lipinski definition) is 0. The van der Waals surface area contributed by atoms with Crippen LogP contribution >= 0.6 is 22.6 Å². The molecule has 0 saturated carbocycles. The Balaban J connectivity index is 2.23. The molecule has 86 valence electrons. The maximum Gasteiger partial charge on any atom is 0.256 e. The molecule has 0 aromatic heterocycles. The molecule has 1 atom stereocenters. The van der Waals surface area contributed by atoms with Crippen molar-refractivity contribution in [2.24, 2.45) is 0 Å². The molecule has 1 heterocycles. The molecule has 0 radical (unpaired) electrons. The van der Waals surface area contributed by atoms with Crippen molar-refractivity contribution in [3.05, 3.63) is 33.1 Å². The highest BCUT2D eigenvalue weighted by molar-refractivity contribution is 14.1. The molecule has 1 aliphatic rings. The molecule has 0 aliphatic carbocycles. The normalized spacial score (nSPS) is 20.2. The second-order valence-corrected chi connectivity index (χ2v) is 5.01. The lowest BCUT2D eigenvalue weighted by Gasteiger charge is -2.15. The Hall–Kier alpha value is -0.720. The number of alkyl halides is 1. The molecule has 1 saturated heterocycles. The molecular weight excluding hydrogens is 327 g/mol. The predicted molar refractivity (Wildman–Crippen MR) is 64.5 cm³/mol. The van der Waals surface area contributed by atoms with Crippen molar-refractivity contribution in [3.63, 3.8) is 0 Å². The number of likely N-dealkylation sites (tertiary alicyclic amines) is 1. The molecule has 1 aliphatic heterocycles. The predicted octanol–water partition coefficient (Wildman–Crippen LogP) is 2.61. The van der Waals surface area contributed by atoms with Crippen molar-refractivity contribution in [1.82, 2.24) is 4.90 Å². The van der Waals surface area contributed by atoms with Gasteiger partial charge in [0.05, 0.1) is 12.1 Å². The SMILES string of the molecule is O=C(c1cc(I)ccc1F)N1CC[C@H](F)C1. The summed E-state index contributed by atoms with van der Waals surface area (Å²) in [7, 11) is 0. The number of halogens is 3. The lowest BCUT2D eigenvalue weighted by Crippen LogP contribution is -2.29. The zero-order chi connectivity index (χ0) is 11.7. The van der Waals surface area contributed by atoms with Gasteiger partial charge in [0, 0.05) is 10.1 Å². The van der Waals surface area contributed by atoms with Crippen LogP contribution in [0.5, 0.6) is 0 Å². The van der Waals surface area contributed by atoms with E-state index in [1.54, 1.807) is 6.07 Å². The van der Waals surface area contributed by atoms with Gasteiger partial charge in [0.25, 0.3) is 5.91 Å². The molecule has 0 unspecified atom stereocenters. The third-order valence-corrected chi connectivity index (χ3v) is 3.25. The molecule has 5 heteroatoms. The first kappa shape index (κ1) is 11.8. The van der Waals surface area contributed by atoms with E-state index < -0.39 is 17.9 Å². The minimum Gasteiger partial charge on any atom is -0.336 e. The van der Waals surface area contributed by atoms with Crippen LogP contribution in [0.3, 0.4) is 0 Å². The van der Waals surface area contributed by atoms with E-state index in [0.717, 1.165) is 3.57 Å². The van der Waals surface area contributed by atoms with E-state index >= 15 is 0 Å². The molecule has 2 nitrogen and oxygen atoms in total. The van der Waals surface area contributed by atoms with E-state index in [-0.39, 0.29) is 12.1 Å². The van der Waals surface area contributed by atoms with Gasteiger partial charge in [-0.25, -0.2) is 8.78 Å². The average Bonchev–Trinajstić information content (AvgIpc) is 2.67. The molecule has 1 fully saturated rings. The number of carbonyl (C=O) groups excluding carboxylic acids is 1. The fourth-order valence-corrected chi connectivity index (χ4v) is 2.23. The lowest BCUT2D eigenvalue weighted by molar-refractivity contribution is 0.0778. The fourth-order valence-electron chi connectivity index (χ4n) is 1.73. The van der Waals surface area contributed by atoms with Crippen LogP contribution in [-0.2, 0) is 0 Å². The summed E-state index contributed by atoms with van der Waals surface area (Å²) < 4.78 is 27.2. The van der Waals surface area contributed by atoms with Gasteiger partial charge in [-0.05, 0) is 47.2 Å². The van der Waals surface area contributed by atoms with E-state index in [9.17, 15) is 13.6 Å². The molecule has 0 spiro atoms. The second kappa shape index (κ2) is 4.65. The topological polar surface area (TPSA) is 20.3 Å². The van der Waals surface area contributed by atoms with E-state index in [1.807, 2.05) is 22.6 Å². The summed E-state index contributed by atoms with van der Waals surface area (Å²) in [5, 5.41) is 0. The summed E-state index contributed by atoms with van der Waals surface area (Å²) in [6, 6.07) is 4.34. The molecule has 16 heavy (non-hydrogen) atoms. The Kier molecular flexibility index (Phi) is 3.41. The number of hydrogen-bond acceptors (Lipinski definition) is 1. The highest BCUT2D eigenvalue weighted by Gasteiger charge is 2.28. The zero-order valence-corrected chi connectivity index (χ0v) is 10.6. The third kappa shape index (κ3) is 2.34. The van der Waals surface area contributed by atoms with E-state index in [4.69, 9.17) is 0 Å². The van der Waals surface area contributed by atoms with Gasteiger partial charge in [-0.1, -0.05) is 0 Å². The average molecular weight is 337 g/mol. The van der Waals surface area contributed by atoms with Crippen molar-refractivity contribution in [1.29, 1.82) is 0 Å². The van der Waals surface area contributed by atoms with Crippen LogP contribution in [0.2, 0.25) is 0 Å². The van der Waals surface area contributed by atoms with Crippen molar-refractivity contribution in [2.45, 2.75) is 12.6 Å². The van der Waals surface area contributed by atoms with Gasteiger partial charge >= 0.3 is 0 Å². The van der Waals surface area contributed by atoms with Crippen LogP contribution in [0, 0.1) is 9.39 Å². The van der Waals surface area contributed by atoms with Crippen molar-refractivity contribution < 1.29 is 13.6 Å². The summed E-state index contributed by atoms with van der Waals surface area (Å²) in [6.07, 6.45) is -0.633. The quantitative estimate of drug-likeness (QED) is 0.722. The highest BCUT2D eigenvalue weighted by Crippen LogP contribution is 2.19. The van der Waals surface area contributed by atoms with E-state index in [0.29, 0.717) is 13.0 Å². The molecule has 1 amide bonds. The Morgan fingerprint density at radius 3 is 2.88 bits per heavy atom. The summed E-state index contributed by atoms with van der Waals surface area (Å²) in [5.41, 5.74) is 0.0287. The number of nitrogens with zero attached hydrogens (tertiary/aromatic N) is 1. The van der Waals surface area contributed by atoms with Gasteiger partial charge in [0.2, 0.25) is 0 Å². The highest BCUT2D eigenvalue weighted by atomic mass is 127. The number of carbonyl (C=O) groups is 1. The molecule has 1 aromatic carbocycles. The smallest absolute Gasteiger partial charge is 0.256 e. The summed E-state index contributed by atoms with van der Waals surface area (Å²) in [4.78, 5) is 13.2. The molecule has 1 aromatic rings. The van der Waals surface area contributed by atoms with Gasteiger partial charge < -0.3 is 4.90 Å². The van der Waals surface area contributed by atoms with Crippen LogP contribution < -0.4 is 0 Å². The van der Waals surface area contributed by atoms with Crippen LogP contribution in [0.1, 0.15) is 16.8 Å². The second-order valence-electron chi connectivity index (χ2n) is 3.76. The number of benzene rings is 1. The number of amides is 1. The van der Waals surface area contributed by atoms with Crippen LogP contribution in [0.15, 0.2) is 18.2 Å². The van der Waals surface area contributed by atoms with Crippen LogP contribution in [0.4, 0.5) is 8.78 Å². The summed E-state index contributed by atoms with van der Waals surface area (Å²) in [5.74, 6) is -0.969. The van der Waals surface area contributed by atoms with Crippen molar-refractivity contribution >= 4 is 28.5 Å². The Morgan fingerprint density at radius 1 is 1.50 bits per heavy atom. The van der Waals surface area contributed by atoms with E-state index in [2.05, 4.69) is 0 Å². The molecular formula is C11H10F2INO. The van der Waals surface area contributed by atoms with Gasteiger partial charge in [0.15, 0.2) is 0 Å². The zero-order valence-electron chi connectivity index (χ0n) is 8.42. The minimum atomic E-state index is -0.977. The summed E-state index contributed by atoms with van der Waals surface area (Å²) in [6.45, 7) is 0.439. The Bertz CT molecular complexity index is 424. The van der Waals surface area contributed by atoms with Gasteiger partial charge in [0.1, 0.15) is 12.0 Å². The van der Waals surface area contributed by atoms with Crippen molar-refractivity contribution in [2.75, 3.05) is 13.1 Å². The largest absolute Gasteiger partial charge is 0.336 e. The van der Waals surface area contributed by atoms with E-state index in [1.165, 1.54) is 17.0 Å². The third-order valence-electron chi connectivity index (χ3n) is 2.58. The first-order valence-electron chi connectivity index (χ1n) is 4.96. The number of rotatable bonds is 1. The maximum absolute atomic E-state index is 13.4. The monoisotopic (exact) mass is 337 g/mol. The standard InChI is InChI=1S/C11H10F2INO/c12-7-3-4-15(6-7)11(16)9-5-8(14)1-2-10(9)13/h1-2,5,7H,3-4,6H2/t7-/m0/s1. The Labute approximate surface area is 106 Å². The van der Waals surface area contributed by atoms with Gasteiger partial charge in [-0.2, -0.15) is 0 Å². The minimum absolute atomic E-state index is 0.0287. The first-order chi connectivity index (χ1) is 7.58. The van der Waals surface area contributed by atoms with Crippen LogP contribution in [0.25, 0.3) is 0 Å².